The molecule has 1 unspecified atom stereocenters. The second-order valence-corrected chi connectivity index (χ2v) is 7.79. The molecule has 28 heavy (non-hydrogen) atoms. The zero-order valence-corrected chi connectivity index (χ0v) is 16.0. The highest BCUT2D eigenvalue weighted by atomic mass is 32.1. The number of aromatic nitrogens is 2. The van der Waals surface area contributed by atoms with Crippen LogP contribution in [0.3, 0.4) is 0 Å². The zero-order valence-electron chi connectivity index (χ0n) is 15.2. The van der Waals surface area contributed by atoms with Crippen molar-refractivity contribution in [3.05, 3.63) is 53.5 Å². The van der Waals surface area contributed by atoms with E-state index in [-0.39, 0.29) is 18.7 Å². The maximum absolute atomic E-state index is 13.4. The highest BCUT2D eigenvalue weighted by molar-refractivity contribution is 7.19. The Labute approximate surface area is 165 Å². The molecule has 0 fully saturated rings. The van der Waals surface area contributed by atoms with Gasteiger partial charge in [0.2, 0.25) is 6.79 Å². The summed E-state index contributed by atoms with van der Waals surface area (Å²) in [5.74, 6) is 1.24. The van der Waals surface area contributed by atoms with E-state index in [1.54, 1.807) is 6.20 Å². The van der Waals surface area contributed by atoms with Gasteiger partial charge in [0, 0.05) is 24.9 Å². The fourth-order valence-electron chi connectivity index (χ4n) is 3.76. The number of nitrogen functional groups attached to an aromatic ring is 1. The fraction of sp³-hybridized carbons (Fsp3) is 0.250. The number of hydrogen-bond acceptors (Lipinski definition) is 7. The number of ether oxygens (including phenoxy) is 2. The molecule has 5 rings (SSSR count). The molecule has 2 aromatic heterocycles. The zero-order chi connectivity index (χ0) is 19.3. The fourth-order valence-corrected chi connectivity index (χ4v) is 4.58. The summed E-state index contributed by atoms with van der Waals surface area (Å²) in [7, 11) is 0. The Kier molecular flexibility index (Phi) is 3.94. The average molecular weight is 394 g/mol. The number of hydrogen-bond donors (Lipinski definition) is 1. The van der Waals surface area contributed by atoms with E-state index in [2.05, 4.69) is 9.97 Å². The van der Waals surface area contributed by atoms with Crippen molar-refractivity contribution >= 4 is 22.4 Å². The number of carbonyl (C=O) groups excluding carboxylic acids is 1. The molecule has 1 aromatic carbocycles. The molecule has 4 heterocycles. The Bertz CT molecular complexity index is 1080. The van der Waals surface area contributed by atoms with Crippen LogP contribution in [0, 0.1) is 0 Å². The van der Waals surface area contributed by atoms with Crippen LogP contribution in [0.5, 0.6) is 11.5 Å². The maximum Gasteiger partial charge on any atom is 0.274 e. The molecule has 2 aliphatic rings. The molecule has 7 nitrogen and oxygen atoms in total. The second kappa shape index (κ2) is 6.49. The van der Waals surface area contributed by atoms with E-state index in [9.17, 15) is 4.79 Å². The molecule has 1 amide bonds. The number of benzene rings is 1. The van der Waals surface area contributed by atoms with Crippen molar-refractivity contribution in [2.45, 2.75) is 19.4 Å². The third kappa shape index (κ3) is 2.68. The van der Waals surface area contributed by atoms with Crippen LogP contribution in [0.4, 0.5) is 5.13 Å². The van der Waals surface area contributed by atoms with E-state index in [0.29, 0.717) is 28.9 Å². The van der Waals surface area contributed by atoms with Crippen LogP contribution in [-0.2, 0) is 6.42 Å². The molecule has 0 radical (unpaired) electrons. The number of carbonyl (C=O) groups is 1. The first kappa shape index (κ1) is 17.0. The first-order chi connectivity index (χ1) is 13.6. The number of pyridine rings is 1. The van der Waals surface area contributed by atoms with Crippen LogP contribution in [0.15, 0.2) is 36.5 Å². The first-order valence-corrected chi connectivity index (χ1v) is 9.84. The van der Waals surface area contributed by atoms with Gasteiger partial charge in [0.15, 0.2) is 16.6 Å². The predicted molar refractivity (Wildman–Crippen MR) is 105 cm³/mol. The standard InChI is InChI=1S/C20H18N4O3S/c1-11-13-3-2-7-22-14(13)6-8-24(11)19(25)17-18(28-20(21)23-17)12-4-5-15-16(9-12)27-10-26-15/h2-5,7,9,11H,6,8,10H2,1H3,(H2,21,23). The van der Waals surface area contributed by atoms with Crippen LogP contribution in [-0.4, -0.2) is 34.1 Å². The molecule has 0 spiro atoms. The highest BCUT2D eigenvalue weighted by Gasteiger charge is 2.32. The van der Waals surface area contributed by atoms with Crippen LogP contribution in [0.2, 0.25) is 0 Å². The summed E-state index contributed by atoms with van der Waals surface area (Å²) >= 11 is 1.30. The Morgan fingerprint density at radius 2 is 2.14 bits per heavy atom. The molecule has 142 valence electrons. The summed E-state index contributed by atoms with van der Waals surface area (Å²) in [6, 6.07) is 9.47. The van der Waals surface area contributed by atoms with Crippen molar-refractivity contribution < 1.29 is 14.3 Å². The monoisotopic (exact) mass is 394 g/mol. The molecule has 2 aliphatic heterocycles. The van der Waals surface area contributed by atoms with Gasteiger partial charge in [0.25, 0.3) is 5.91 Å². The minimum absolute atomic E-state index is 0.0718. The van der Waals surface area contributed by atoms with E-state index < -0.39 is 0 Å². The largest absolute Gasteiger partial charge is 0.454 e. The minimum Gasteiger partial charge on any atom is -0.454 e. The van der Waals surface area contributed by atoms with Gasteiger partial charge in [-0.15, -0.1) is 0 Å². The Hall–Kier alpha value is -3.13. The van der Waals surface area contributed by atoms with E-state index in [4.69, 9.17) is 15.2 Å². The van der Waals surface area contributed by atoms with Gasteiger partial charge in [-0.2, -0.15) is 0 Å². The quantitative estimate of drug-likeness (QED) is 0.717. The molecular formula is C20H18N4O3S. The summed E-state index contributed by atoms with van der Waals surface area (Å²) in [6.07, 6.45) is 2.52. The molecule has 8 heteroatoms. The lowest BCUT2D eigenvalue weighted by molar-refractivity contribution is 0.0671. The van der Waals surface area contributed by atoms with Gasteiger partial charge in [-0.1, -0.05) is 17.4 Å². The molecular weight excluding hydrogens is 376 g/mol. The van der Waals surface area contributed by atoms with Crippen LogP contribution < -0.4 is 15.2 Å². The molecule has 0 saturated heterocycles. The Morgan fingerprint density at radius 1 is 1.29 bits per heavy atom. The second-order valence-electron chi connectivity index (χ2n) is 6.76. The maximum atomic E-state index is 13.4. The third-order valence-corrected chi connectivity index (χ3v) is 6.11. The van der Waals surface area contributed by atoms with Crippen molar-refractivity contribution in [2.24, 2.45) is 0 Å². The molecule has 0 aliphatic carbocycles. The van der Waals surface area contributed by atoms with Crippen LogP contribution in [0.1, 0.15) is 34.7 Å². The van der Waals surface area contributed by atoms with Crippen LogP contribution in [0.25, 0.3) is 10.4 Å². The number of amides is 1. The van der Waals surface area contributed by atoms with Crippen molar-refractivity contribution in [3.63, 3.8) is 0 Å². The minimum atomic E-state index is -0.123. The van der Waals surface area contributed by atoms with E-state index in [0.717, 1.165) is 28.1 Å². The van der Waals surface area contributed by atoms with Crippen LogP contribution >= 0.6 is 11.3 Å². The van der Waals surface area contributed by atoms with Gasteiger partial charge in [-0.25, -0.2) is 4.98 Å². The highest BCUT2D eigenvalue weighted by Crippen LogP contribution is 2.40. The van der Waals surface area contributed by atoms with Gasteiger partial charge >= 0.3 is 0 Å². The van der Waals surface area contributed by atoms with Gasteiger partial charge in [0.1, 0.15) is 5.69 Å². The topological polar surface area (TPSA) is 90.6 Å². The lowest BCUT2D eigenvalue weighted by Crippen LogP contribution is -2.39. The molecule has 0 bridgehead atoms. The summed E-state index contributed by atoms with van der Waals surface area (Å²) < 4.78 is 10.8. The van der Waals surface area contributed by atoms with Gasteiger partial charge in [-0.05, 0) is 42.3 Å². The van der Waals surface area contributed by atoms with E-state index >= 15 is 0 Å². The van der Waals surface area contributed by atoms with Crippen molar-refractivity contribution in [3.8, 4) is 21.9 Å². The molecule has 3 aromatic rings. The van der Waals surface area contributed by atoms with Crippen molar-refractivity contribution in [1.29, 1.82) is 0 Å². The van der Waals surface area contributed by atoms with E-state index in [1.807, 2.05) is 42.2 Å². The number of nitrogens with zero attached hydrogens (tertiary/aromatic N) is 3. The summed E-state index contributed by atoms with van der Waals surface area (Å²) in [5, 5.41) is 0.364. The van der Waals surface area contributed by atoms with Gasteiger partial charge in [-0.3, -0.25) is 9.78 Å². The molecule has 2 N–H and O–H groups in total. The normalized spacial score (nSPS) is 17.5. The Morgan fingerprint density at radius 3 is 3.04 bits per heavy atom. The van der Waals surface area contributed by atoms with E-state index in [1.165, 1.54) is 11.3 Å². The SMILES string of the molecule is CC1c2cccnc2CCN1C(=O)c1nc(N)sc1-c1ccc2c(c1)OCO2. The third-order valence-electron chi connectivity index (χ3n) is 5.17. The number of anilines is 1. The number of thiazole rings is 1. The summed E-state index contributed by atoms with van der Waals surface area (Å²) in [4.78, 5) is 24.8. The smallest absolute Gasteiger partial charge is 0.274 e. The summed E-state index contributed by atoms with van der Waals surface area (Å²) in [6.45, 7) is 2.82. The lowest BCUT2D eigenvalue weighted by Gasteiger charge is -2.34. The van der Waals surface area contributed by atoms with Crippen molar-refractivity contribution in [2.75, 3.05) is 19.1 Å². The predicted octanol–water partition coefficient (Wildman–Crippen LogP) is 3.28. The number of fused-ring (bicyclic) bond motifs is 2. The first-order valence-electron chi connectivity index (χ1n) is 9.03. The Balaban J connectivity index is 1.51. The number of nitrogens with two attached hydrogens (primary N) is 1. The van der Waals surface area contributed by atoms with Gasteiger partial charge < -0.3 is 20.1 Å². The summed E-state index contributed by atoms with van der Waals surface area (Å²) in [5.41, 5.74) is 9.32. The van der Waals surface area contributed by atoms with Gasteiger partial charge in [0.05, 0.1) is 10.9 Å². The molecule has 1 atom stereocenters. The average Bonchev–Trinajstić information content (AvgIpc) is 3.33. The lowest BCUT2D eigenvalue weighted by atomic mass is 9.97. The van der Waals surface area contributed by atoms with Crippen molar-refractivity contribution in [1.82, 2.24) is 14.9 Å². The molecule has 0 saturated carbocycles. The number of rotatable bonds is 2.